The van der Waals surface area contributed by atoms with Crippen molar-refractivity contribution in [2.24, 2.45) is 0 Å². The predicted molar refractivity (Wildman–Crippen MR) is 88.7 cm³/mol. The standard InChI is InChI=1S/C18H24N2/c1-13-6-8-16(15(3)10-13)12-19-17-9-7-14(2)18(11-17)20(4)5/h6-11,19H,12H2,1-5H3. The van der Waals surface area contributed by atoms with Crippen LogP contribution in [-0.2, 0) is 6.54 Å². The van der Waals surface area contributed by atoms with Crippen LogP contribution >= 0.6 is 0 Å². The van der Waals surface area contributed by atoms with E-state index < -0.39 is 0 Å². The Bertz CT molecular complexity index is 600. The fraction of sp³-hybridized carbons (Fsp3) is 0.333. The van der Waals surface area contributed by atoms with Gasteiger partial charge in [0.25, 0.3) is 0 Å². The van der Waals surface area contributed by atoms with E-state index in [0.717, 1.165) is 6.54 Å². The molecule has 0 saturated carbocycles. The summed E-state index contributed by atoms with van der Waals surface area (Å²) in [7, 11) is 4.16. The Morgan fingerprint density at radius 1 is 0.900 bits per heavy atom. The van der Waals surface area contributed by atoms with Crippen molar-refractivity contribution in [2.75, 3.05) is 24.3 Å². The molecule has 0 aliphatic carbocycles. The zero-order valence-electron chi connectivity index (χ0n) is 13.1. The molecule has 0 saturated heterocycles. The Morgan fingerprint density at radius 2 is 1.65 bits per heavy atom. The van der Waals surface area contributed by atoms with Crippen LogP contribution in [0.15, 0.2) is 36.4 Å². The van der Waals surface area contributed by atoms with Crippen LogP contribution in [0.5, 0.6) is 0 Å². The second kappa shape index (κ2) is 6.00. The smallest absolute Gasteiger partial charge is 0.0411 e. The largest absolute Gasteiger partial charge is 0.381 e. The fourth-order valence-corrected chi connectivity index (χ4v) is 2.44. The monoisotopic (exact) mass is 268 g/mol. The van der Waals surface area contributed by atoms with Crippen molar-refractivity contribution in [3.8, 4) is 0 Å². The molecule has 106 valence electrons. The number of aryl methyl sites for hydroxylation is 3. The molecule has 1 N–H and O–H groups in total. The number of anilines is 2. The van der Waals surface area contributed by atoms with Gasteiger partial charge in [0.2, 0.25) is 0 Å². The van der Waals surface area contributed by atoms with Crippen molar-refractivity contribution < 1.29 is 0 Å². The maximum absolute atomic E-state index is 3.52. The lowest BCUT2D eigenvalue weighted by Gasteiger charge is -2.18. The number of hydrogen-bond donors (Lipinski definition) is 1. The number of nitrogens with zero attached hydrogens (tertiary/aromatic N) is 1. The van der Waals surface area contributed by atoms with E-state index in [1.165, 1.54) is 33.6 Å². The summed E-state index contributed by atoms with van der Waals surface area (Å²) in [6.45, 7) is 7.31. The normalized spacial score (nSPS) is 10.4. The summed E-state index contributed by atoms with van der Waals surface area (Å²) in [4.78, 5) is 2.15. The van der Waals surface area contributed by atoms with E-state index in [4.69, 9.17) is 0 Å². The van der Waals surface area contributed by atoms with Crippen LogP contribution in [0.1, 0.15) is 22.3 Å². The second-order valence-electron chi connectivity index (χ2n) is 5.68. The Balaban J connectivity index is 2.13. The molecule has 2 aromatic rings. The van der Waals surface area contributed by atoms with Gasteiger partial charge in [0, 0.05) is 32.0 Å². The summed E-state index contributed by atoms with van der Waals surface area (Å²) < 4.78 is 0. The SMILES string of the molecule is Cc1ccc(CNc2ccc(C)c(N(C)C)c2)c(C)c1. The van der Waals surface area contributed by atoms with Gasteiger partial charge in [0.15, 0.2) is 0 Å². The molecule has 0 amide bonds. The second-order valence-corrected chi connectivity index (χ2v) is 5.68. The summed E-state index contributed by atoms with van der Waals surface area (Å²) in [6, 6.07) is 13.1. The van der Waals surface area contributed by atoms with Gasteiger partial charge in [-0.25, -0.2) is 0 Å². The van der Waals surface area contributed by atoms with Crippen LogP contribution in [-0.4, -0.2) is 14.1 Å². The van der Waals surface area contributed by atoms with Crippen molar-refractivity contribution in [1.29, 1.82) is 0 Å². The highest BCUT2D eigenvalue weighted by molar-refractivity contribution is 5.62. The topological polar surface area (TPSA) is 15.3 Å². The molecule has 0 radical (unpaired) electrons. The quantitative estimate of drug-likeness (QED) is 0.890. The molecular weight excluding hydrogens is 244 g/mol. The van der Waals surface area contributed by atoms with Crippen molar-refractivity contribution in [2.45, 2.75) is 27.3 Å². The Hall–Kier alpha value is -1.96. The van der Waals surface area contributed by atoms with Crippen LogP contribution in [0.4, 0.5) is 11.4 Å². The van der Waals surface area contributed by atoms with Gasteiger partial charge in [0.05, 0.1) is 0 Å². The van der Waals surface area contributed by atoms with Crippen molar-refractivity contribution >= 4 is 11.4 Å². The highest BCUT2D eigenvalue weighted by atomic mass is 15.1. The molecule has 0 unspecified atom stereocenters. The maximum Gasteiger partial charge on any atom is 0.0411 e. The predicted octanol–water partition coefficient (Wildman–Crippen LogP) is 4.29. The zero-order valence-corrected chi connectivity index (χ0v) is 13.1. The van der Waals surface area contributed by atoms with Crippen LogP contribution < -0.4 is 10.2 Å². The molecule has 0 bridgehead atoms. The van der Waals surface area contributed by atoms with Gasteiger partial charge in [-0.15, -0.1) is 0 Å². The highest BCUT2D eigenvalue weighted by Gasteiger charge is 2.03. The molecule has 2 rings (SSSR count). The van der Waals surface area contributed by atoms with Gasteiger partial charge in [-0.3, -0.25) is 0 Å². The maximum atomic E-state index is 3.52. The van der Waals surface area contributed by atoms with Gasteiger partial charge in [0.1, 0.15) is 0 Å². The molecule has 0 aliphatic rings. The first-order chi connectivity index (χ1) is 9.47. The Kier molecular flexibility index (Phi) is 4.33. The first-order valence-corrected chi connectivity index (χ1v) is 7.05. The third-order valence-corrected chi connectivity index (χ3v) is 3.67. The van der Waals surface area contributed by atoms with Crippen LogP contribution in [0, 0.1) is 20.8 Å². The minimum Gasteiger partial charge on any atom is -0.381 e. The average Bonchev–Trinajstić information content (AvgIpc) is 2.39. The van der Waals surface area contributed by atoms with E-state index in [2.05, 4.69) is 81.5 Å². The molecule has 0 atom stereocenters. The molecule has 0 aliphatic heterocycles. The van der Waals surface area contributed by atoms with Gasteiger partial charge < -0.3 is 10.2 Å². The molecule has 0 heterocycles. The molecule has 0 spiro atoms. The Morgan fingerprint density at radius 3 is 2.30 bits per heavy atom. The van der Waals surface area contributed by atoms with E-state index in [1.807, 2.05) is 0 Å². The van der Waals surface area contributed by atoms with E-state index in [1.54, 1.807) is 0 Å². The van der Waals surface area contributed by atoms with E-state index >= 15 is 0 Å². The van der Waals surface area contributed by atoms with Crippen molar-refractivity contribution in [3.05, 3.63) is 58.7 Å². The first kappa shape index (κ1) is 14.4. The van der Waals surface area contributed by atoms with E-state index in [-0.39, 0.29) is 0 Å². The molecule has 0 aromatic heterocycles. The fourth-order valence-electron chi connectivity index (χ4n) is 2.44. The molecule has 2 heteroatoms. The number of benzene rings is 2. The summed E-state index contributed by atoms with van der Waals surface area (Å²) in [5, 5.41) is 3.52. The minimum atomic E-state index is 0.863. The molecule has 2 aromatic carbocycles. The van der Waals surface area contributed by atoms with Crippen LogP contribution in [0.3, 0.4) is 0 Å². The van der Waals surface area contributed by atoms with Crippen LogP contribution in [0.2, 0.25) is 0 Å². The summed E-state index contributed by atoms with van der Waals surface area (Å²) in [5.41, 5.74) is 7.73. The molecule has 20 heavy (non-hydrogen) atoms. The highest BCUT2D eigenvalue weighted by Crippen LogP contribution is 2.23. The lowest BCUT2D eigenvalue weighted by Crippen LogP contribution is -2.11. The third-order valence-electron chi connectivity index (χ3n) is 3.67. The van der Waals surface area contributed by atoms with Crippen LogP contribution in [0.25, 0.3) is 0 Å². The zero-order chi connectivity index (χ0) is 14.7. The molecule has 0 fully saturated rings. The lowest BCUT2D eigenvalue weighted by molar-refractivity contribution is 1.09. The average molecular weight is 268 g/mol. The Labute approximate surface area is 122 Å². The minimum absolute atomic E-state index is 0.863. The van der Waals surface area contributed by atoms with Crippen molar-refractivity contribution in [3.63, 3.8) is 0 Å². The van der Waals surface area contributed by atoms with Crippen molar-refractivity contribution in [1.82, 2.24) is 0 Å². The summed E-state index contributed by atoms with van der Waals surface area (Å²) in [5.74, 6) is 0. The summed E-state index contributed by atoms with van der Waals surface area (Å²) in [6.07, 6.45) is 0. The molecular formula is C18H24N2. The first-order valence-electron chi connectivity index (χ1n) is 7.05. The molecule has 2 nitrogen and oxygen atoms in total. The number of nitrogens with one attached hydrogen (secondary N) is 1. The number of hydrogen-bond acceptors (Lipinski definition) is 2. The van der Waals surface area contributed by atoms with Gasteiger partial charge in [-0.1, -0.05) is 29.8 Å². The third kappa shape index (κ3) is 3.32. The van der Waals surface area contributed by atoms with Gasteiger partial charge in [-0.05, 0) is 49.6 Å². The number of rotatable bonds is 4. The summed E-state index contributed by atoms with van der Waals surface area (Å²) >= 11 is 0. The van der Waals surface area contributed by atoms with Gasteiger partial charge >= 0.3 is 0 Å². The lowest BCUT2D eigenvalue weighted by atomic mass is 10.1. The van der Waals surface area contributed by atoms with Gasteiger partial charge in [-0.2, -0.15) is 0 Å². The van der Waals surface area contributed by atoms with E-state index in [9.17, 15) is 0 Å². The van der Waals surface area contributed by atoms with E-state index in [0.29, 0.717) is 0 Å².